The van der Waals surface area contributed by atoms with E-state index in [9.17, 15) is 4.79 Å². The zero-order valence-electron chi connectivity index (χ0n) is 9.37. The van der Waals surface area contributed by atoms with Gasteiger partial charge >= 0.3 is 0 Å². The van der Waals surface area contributed by atoms with Crippen molar-refractivity contribution < 1.29 is 4.79 Å². The number of carbonyl (C=O) groups is 1. The number of nitrogens with two attached hydrogens (primary N) is 1. The maximum atomic E-state index is 11.6. The predicted molar refractivity (Wildman–Crippen MR) is 65.6 cm³/mol. The smallest absolute Gasteiger partial charge is 0.229 e. The highest BCUT2D eigenvalue weighted by Crippen LogP contribution is 2.24. The molecule has 0 bridgehead atoms. The molecule has 4 heteroatoms. The first kappa shape index (κ1) is 12.4. The molecular formula is C11H20N2OS. The molecule has 3 nitrogen and oxygen atoms in total. The van der Waals surface area contributed by atoms with E-state index >= 15 is 0 Å². The molecule has 1 amide bonds. The maximum Gasteiger partial charge on any atom is 0.229 e. The van der Waals surface area contributed by atoms with Gasteiger partial charge in [-0.3, -0.25) is 4.79 Å². The molecule has 1 rings (SSSR count). The Morgan fingerprint density at radius 2 is 2.00 bits per heavy atom. The predicted octanol–water partition coefficient (Wildman–Crippen LogP) is 1.70. The second-order valence-corrected chi connectivity index (χ2v) is 4.95. The zero-order chi connectivity index (χ0) is 11.3. The average molecular weight is 228 g/mol. The molecule has 1 saturated carbocycles. The third-order valence-corrected chi connectivity index (χ3v) is 3.15. The monoisotopic (exact) mass is 228 g/mol. The molecule has 0 unspecified atom stereocenters. The third kappa shape index (κ3) is 4.60. The van der Waals surface area contributed by atoms with Crippen LogP contribution in [0.2, 0.25) is 0 Å². The summed E-state index contributed by atoms with van der Waals surface area (Å²) in [6.07, 6.45) is 6.68. The molecule has 0 aromatic heterocycles. The molecule has 86 valence electrons. The molecule has 0 radical (unpaired) electrons. The number of nitrogens with zero attached hydrogens (tertiary/aromatic N) is 1. The summed E-state index contributed by atoms with van der Waals surface area (Å²) in [5.74, 6) is 0.729. The van der Waals surface area contributed by atoms with Crippen LogP contribution in [0.25, 0.3) is 0 Å². The molecule has 1 fully saturated rings. The largest absolute Gasteiger partial charge is 0.393 e. The number of rotatable bonds is 4. The summed E-state index contributed by atoms with van der Waals surface area (Å²) in [4.78, 5) is 13.6. The summed E-state index contributed by atoms with van der Waals surface area (Å²) in [6.45, 7) is 0.863. The lowest BCUT2D eigenvalue weighted by atomic mass is 9.89. The van der Waals surface area contributed by atoms with Gasteiger partial charge in [0.15, 0.2) is 0 Å². The highest BCUT2D eigenvalue weighted by molar-refractivity contribution is 7.80. The molecule has 15 heavy (non-hydrogen) atoms. The van der Waals surface area contributed by atoms with Crippen LogP contribution in [-0.2, 0) is 4.79 Å². The van der Waals surface area contributed by atoms with Crippen LogP contribution in [0.4, 0.5) is 0 Å². The minimum Gasteiger partial charge on any atom is -0.393 e. The van der Waals surface area contributed by atoms with Crippen LogP contribution >= 0.6 is 12.2 Å². The van der Waals surface area contributed by atoms with Gasteiger partial charge in [0, 0.05) is 13.6 Å². The van der Waals surface area contributed by atoms with Crippen LogP contribution in [0.3, 0.4) is 0 Å². The van der Waals surface area contributed by atoms with E-state index in [4.69, 9.17) is 18.0 Å². The van der Waals surface area contributed by atoms with Crippen LogP contribution in [0.15, 0.2) is 0 Å². The summed E-state index contributed by atoms with van der Waals surface area (Å²) in [5, 5.41) is 0. The van der Waals surface area contributed by atoms with Gasteiger partial charge in [-0.2, -0.15) is 0 Å². The van der Waals surface area contributed by atoms with Crippen molar-refractivity contribution in [2.75, 3.05) is 13.6 Å². The first-order chi connectivity index (χ1) is 7.09. The highest BCUT2D eigenvalue weighted by atomic mass is 32.1. The third-order valence-electron chi connectivity index (χ3n) is 3.01. The van der Waals surface area contributed by atoms with Gasteiger partial charge in [-0.25, -0.2) is 0 Å². The number of hydrogen-bond donors (Lipinski definition) is 1. The van der Waals surface area contributed by atoms with Crippen molar-refractivity contribution in [2.45, 2.75) is 38.5 Å². The van der Waals surface area contributed by atoms with Crippen LogP contribution in [0, 0.1) is 5.92 Å². The average Bonchev–Trinajstić information content (AvgIpc) is 2.18. The Morgan fingerprint density at radius 1 is 1.40 bits per heavy atom. The first-order valence-corrected chi connectivity index (χ1v) is 6.02. The Kier molecular flexibility index (Phi) is 5.02. The minimum absolute atomic E-state index is 0.0491. The molecule has 0 heterocycles. The molecular weight excluding hydrogens is 208 g/mol. The number of hydrogen-bond acceptors (Lipinski definition) is 2. The number of carbonyl (C=O) groups excluding carboxylic acids is 1. The summed E-state index contributed by atoms with van der Waals surface area (Å²) in [5.41, 5.74) is 5.35. The van der Waals surface area contributed by atoms with E-state index in [1.807, 2.05) is 7.05 Å². The molecule has 2 N–H and O–H groups in total. The number of amides is 1. The van der Waals surface area contributed by atoms with Crippen molar-refractivity contribution in [3.63, 3.8) is 0 Å². The molecule has 0 spiro atoms. The summed E-state index contributed by atoms with van der Waals surface area (Å²) in [6, 6.07) is 0. The lowest BCUT2D eigenvalue weighted by molar-refractivity contribution is -0.129. The topological polar surface area (TPSA) is 46.3 Å². The molecule has 0 aromatic rings. The Labute approximate surface area is 97.0 Å². The molecule has 0 saturated heterocycles. The standard InChI is InChI=1S/C11H20N2OS/c1-13(11(14)7-10(12)15)8-9-5-3-2-4-6-9/h9H,2-8H2,1H3,(H2,12,15). The molecule has 1 aliphatic carbocycles. The lowest BCUT2D eigenvalue weighted by Gasteiger charge is -2.27. The minimum atomic E-state index is 0.0491. The van der Waals surface area contributed by atoms with Crippen molar-refractivity contribution in [3.8, 4) is 0 Å². The van der Waals surface area contributed by atoms with Gasteiger partial charge in [-0.05, 0) is 18.8 Å². The van der Waals surface area contributed by atoms with E-state index in [0.717, 1.165) is 6.54 Å². The van der Waals surface area contributed by atoms with Crippen LogP contribution < -0.4 is 5.73 Å². The Bertz CT molecular complexity index is 237. The quantitative estimate of drug-likeness (QED) is 0.745. The van der Waals surface area contributed by atoms with E-state index in [2.05, 4.69) is 0 Å². The SMILES string of the molecule is CN(CC1CCCCC1)C(=O)CC(N)=S. The second-order valence-electron chi connectivity index (χ2n) is 4.42. The van der Waals surface area contributed by atoms with Gasteiger partial charge in [0.25, 0.3) is 0 Å². The molecule has 0 atom stereocenters. The van der Waals surface area contributed by atoms with Crippen LogP contribution in [0.5, 0.6) is 0 Å². The Hall–Kier alpha value is -0.640. The fourth-order valence-electron chi connectivity index (χ4n) is 2.14. The van der Waals surface area contributed by atoms with Crippen molar-refractivity contribution >= 4 is 23.1 Å². The van der Waals surface area contributed by atoms with Crippen molar-refractivity contribution in [1.29, 1.82) is 0 Å². The van der Waals surface area contributed by atoms with Gasteiger partial charge in [0.05, 0.1) is 11.4 Å². The normalized spacial score (nSPS) is 17.4. The van der Waals surface area contributed by atoms with E-state index in [1.165, 1.54) is 32.1 Å². The van der Waals surface area contributed by atoms with Gasteiger partial charge in [0.2, 0.25) is 5.91 Å². The van der Waals surface area contributed by atoms with E-state index in [0.29, 0.717) is 5.92 Å². The summed E-state index contributed by atoms with van der Waals surface area (Å²) >= 11 is 4.73. The van der Waals surface area contributed by atoms with E-state index in [-0.39, 0.29) is 17.3 Å². The van der Waals surface area contributed by atoms with Crippen molar-refractivity contribution in [1.82, 2.24) is 4.90 Å². The second kappa shape index (κ2) is 6.05. The van der Waals surface area contributed by atoms with Gasteiger partial charge < -0.3 is 10.6 Å². The highest BCUT2D eigenvalue weighted by Gasteiger charge is 2.18. The maximum absolute atomic E-state index is 11.6. The summed E-state index contributed by atoms with van der Waals surface area (Å²) in [7, 11) is 1.84. The molecule has 1 aliphatic rings. The van der Waals surface area contributed by atoms with E-state index < -0.39 is 0 Å². The lowest BCUT2D eigenvalue weighted by Crippen LogP contribution is -2.34. The van der Waals surface area contributed by atoms with Crippen molar-refractivity contribution in [3.05, 3.63) is 0 Å². The Balaban J connectivity index is 2.29. The van der Waals surface area contributed by atoms with E-state index in [1.54, 1.807) is 4.90 Å². The van der Waals surface area contributed by atoms with Crippen LogP contribution in [0.1, 0.15) is 38.5 Å². The summed E-state index contributed by atoms with van der Waals surface area (Å²) < 4.78 is 0. The zero-order valence-corrected chi connectivity index (χ0v) is 10.2. The molecule has 0 aromatic carbocycles. The van der Waals surface area contributed by atoms with Gasteiger partial charge in [0.1, 0.15) is 0 Å². The van der Waals surface area contributed by atoms with Gasteiger partial charge in [-0.15, -0.1) is 0 Å². The van der Waals surface area contributed by atoms with Gasteiger partial charge in [-0.1, -0.05) is 31.5 Å². The fraction of sp³-hybridized carbons (Fsp3) is 0.818. The van der Waals surface area contributed by atoms with Crippen LogP contribution in [-0.4, -0.2) is 29.4 Å². The fourth-order valence-corrected chi connectivity index (χ4v) is 2.27. The first-order valence-electron chi connectivity index (χ1n) is 5.62. The number of thiocarbonyl (C=S) groups is 1. The van der Waals surface area contributed by atoms with Crippen molar-refractivity contribution in [2.24, 2.45) is 11.7 Å². The molecule has 0 aliphatic heterocycles. The Morgan fingerprint density at radius 3 is 2.53 bits per heavy atom.